The van der Waals surface area contributed by atoms with Gasteiger partial charge in [-0.25, -0.2) is 0 Å². The highest BCUT2D eigenvalue weighted by Gasteiger charge is 2.05. The molecule has 1 amide bonds. The molecule has 5 nitrogen and oxygen atoms in total. The molecule has 0 saturated carbocycles. The highest BCUT2D eigenvalue weighted by atomic mass is 35.5. The summed E-state index contributed by atoms with van der Waals surface area (Å²) >= 11 is 11.2. The number of aryl methyl sites for hydroxylation is 1. The van der Waals surface area contributed by atoms with Crippen molar-refractivity contribution in [1.29, 1.82) is 0 Å². The number of carbonyl (C=O) groups is 1. The highest BCUT2D eigenvalue weighted by molar-refractivity contribution is 7.80. The molecule has 0 aliphatic carbocycles. The molecule has 2 N–H and O–H groups in total. The van der Waals surface area contributed by atoms with Gasteiger partial charge < -0.3 is 14.8 Å². The van der Waals surface area contributed by atoms with Gasteiger partial charge >= 0.3 is 0 Å². The van der Waals surface area contributed by atoms with Crippen LogP contribution in [0.1, 0.15) is 11.1 Å². The Balaban J connectivity index is 1.96. The van der Waals surface area contributed by atoms with Crippen LogP contribution in [0.25, 0.3) is 6.08 Å². The van der Waals surface area contributed by atoms with Crippen LogP contribution in [-0.4, -0.2) is 25.2 Å². The first kappa shape index (κ1) is 19.8. The van der Waals surface area contributed by atoms with E-state index in [4.69, 9.17) is 33.3 Å². The van der Waals surface area contributed by atoms with Crippen LogP contribution in [-0.2, 0) is 4.79 Å². The molecule has 0 aliphatic heterocycles. The number of methoxy groups -OCH3 is 2. The third-order valence-electron chi connectivity index (χ3n) is 3.50. The fraction of sp³-hybridized carbons (Fsp3) is 0.158. The van der Waals surface area contributed by atoms with E-state index in [1.807, 2.05) is 25.1 Å². The molecule has 0 saturated heterocycles. The van der Waals surface area contributed by atoms with Gasteiger partial charge in [-0.2, -0.15) is 0 Å². The summed E-state index contributed by atoms with van der Waals surface area (Å²) in [6.45, 7) is 1.91. The smallest absolute Gasteiger partial charge is 0.250 e. The molecular weight excluding hydrogens is 372 g/mol. The van der Waals surface area contributed by atoms with Crippen LogP contribution in [0.5, 0.6) is 11.5 Å². The van der Waals surface area contributed by atoms with Crippen molar-refractivity contribution in [3.8, 4) is 11.5 Å². The summed E-state index contributed by atoms with van der Waals surface area (Å²) in [6, 6.07) is 10.8. The van der Waals surface area contributed by atoms with Gasteiger partial charge in [0.15, 0.2) is 16.6 Å². The number of anilines is 1. The lowest BCUT2D eigenvalue weighted by Crippen LogP contribution is -2.32. The summed E-state index contributed by atoms with van der Waals surface area (Å²) < 4.78 is 10.4. The first-order chi connectivity index (χ1) is 12.4. The van der Waals surface area contributed by atoms with E-state index < -0.39 is 0 Å². The molecule has 136 valence electrons. The maximum Gasteiger partial charge on any atom is 0.250 e. The zero-order valence-corrected chi connectivity index (χ0v) is 16.2. The summed E-state index contributed by atoms with van der Waals surface area (Å²) in [5.41, 5.74) is 2.46. The Labute approximate surface area is 163 Å². The van der Waals surface area contributed by atoms with E-state index in [0.29, 0.717) is 22.2 Å². The summed E-state index contributed by atoms with van der Waals surface area (Å²) in [5.74, 6) is 0.857. The SMILES string of the molecule is COc1ccc(/C=C/C(=O)NC(=S)Nc2ccc(C)c(Cl)c2)cc1OC. The lowest BCUT2D eigenvalue weighted by molar-refractivity contribution is -0.115. The van der Waals surface area contributed by atoms with Crippen LogP contribution in [0.15, 0.2) is 42.5 Å². The quantitative estimate of drug-likeness (QED) is 0.592. The van der Waals surface area contributed by atoms with Crippen molar-refractivity contribution >= 4 is 46.6 Å². The van der Waals surface area contributed by atoms with Gasteiger partial charge in [-0.05, 0) is 60.6 Å². The van der Waals surface area contributed by atoms with Crippen LogP contribution in [0.4, 0.5) is 5.69 Å². The van der Waals surface area contributed by atoms with Crippen molar-refractivity contribution in [2.24, 2.45) is 0 Å². The number of benzene rings is 2. The second-order valence-electron chi connectivity index (χ2n) is 5.36. The Morgan fingerprint density at radius 2 is 1.85 bits per heavy atom. The predicted molar refractivity (Wildman–Crippen MR) is 109 cm³/mol. The number of ether oxygens (including phenoxy) is 2. The average Bonchev–Trinajstić information content (AvgIpc) is 2.62. The molecule has 0 bridgehead atoms. The summed E-state index contributed by atoms with van der Waals surface area (Å²) in [5, 5.41) is 6.31. The van der Waals surface area contributed by atoms with Gasteiger partial charge in [0.2, 0.25) is 5.91 Å². The second-order valence-corrected chi connectivity index (χ2v) is 6.17. The number of nitrogens with one attached hydrogen (secondary N) is 2. The zero-order valence-electron chi connectivity index (χ0n) is 14.6. The zero-order chi connectivity index (χ0) is 19.1. The van der Waals surface area contributed by atoms with Gasteiger partial charge in [0.05, 0.1) is 14.2 Å². The molecule has 0 aromatic heterocycles. The first-order valence-electron chi connectivity index (χ1n) is 7.71. The van der Waals surface area contributed by atoms with Crippen LogP contribution in [0.3, 0.4) is 0 Å². The largest absolute Gasteiger partial charge is 0.493 e. The van der Waals surface area contributed by atoms with Gasteiger partial charge in [0, 0.05) is 16.8 Å². The number of amides is 1. The van der Waals surface area contributed by atoms with E-state index in [1.165, 1.54) is 6.08 Å². The molecule has 2 aromatic carbocycles. The van der Waals surface area contributed by atoms with Crippen molar-refractivity contribution in [1.82, 2.24) is 5.32 Å². The van der Waals surface area contributed by atoms with E-state index in [0.717, 1.165) is 11.1 Å². The minimum absolute atomic E-state index is 0.187. The highest BCUT2D eigenvalue weighted by Crippen LogP contribution is 2.27. The third kappa shape index (κ3) is 5.47. The molecule has 0 atom stereocenters. The third-order valence-corrected chi connectivity index (χ3v) is 4.11. The Morgan fingerprint density at radius 3 is 2.50 bits per heavy atom. The monoisotopic (exact) mass is 390 g/mol. The average molecular weight is 391 g/mol. The first-order valence-corrected chi connectivity index (χ1v) is 8.49. The van der Waals surface area contributed by atoms with E-state index in [9.17, 15) is 4.79 Å². The molecule has 26 heavy (non-hydrogen) atoms. The molecule has 2 aromatic rings. The van der Waals surface area contributed by atoms with Crippen LogP contribution in [0, 0.1) is 6.92 Å². The van der Waals surface area contributed by atoms with Gasteiger partial charge in [0.25, 0.3) is 0 Å². The van der Waals surface area contributed by atoms with Crippen LogP contribution in [0.2, 0.25) is 5.02 Å². The maximum absolute atomic E-state index is 12.0. The molecule has 2 rings (SSSR count). The predicted octanol–water partition coefficient (Wildman–Crippen LogP) is 4.19. The van der Waals surface area contributed by atoms with Crippen molar-refractivity contribution in [3.05, 3.63) is 58.6 Å². The summed E-state index contributed by atoms with van der Waals surface area (Å²) in [4.78, 5) is 12.0. The van der Waals surface area contributed by atoms with E-state index in [2.05, 4.69) is 10.6 Å². The van der Waals surface area contributed by atoms with Crippen molar-refractivity contribution in [2.45, 2.75) is 6.92 Å². The molecule has 0 fully saturated rings. The maximum atomic E-state index is 12.0. The fourth-order valence-electron chi connectivity index (χ4n) is 2.11. The Morgan fingerprint density at radius 1 is 1.12 bits per heavy atom. The molecule has 7 heteroatoms. The minimum Gasteiger partial charge on any atom is -0.493 e. The summed E-state index contributed by atoms with van der Waals surface area (Å²) in [7, 11) is 3.12. The Hall–Kier alpha value is -2.57. The second kappa shape index (κ2) is 9.22. The van der Waals surface area contributed by atoms with E-state index >= 15 is 0 Å². The standard InChI is InChI=1S/C19H19ClN2O3S/c1-12-4-7-14(11-15(12)20)21-19(26)22-18(23)9-6-13-5-8-16(24-2)17(10-13)25-3/h4-11H,1-3H3,(H2,21,22,23,26)/b9-6+. The van der Waals surface area contributed by atoms with Crippen molar-refractivity contribution in [2.75, 3.05) is 19.5 Å². The van der Waals surface area contributed by atoms with E-state index in [1.54, 1.807) is 38.5 Å². The number of hydrogen-bond acceptors (Lipinski definition) is 4. The molecule has 0 spiro atoms. The van der Waals surface area contributed by atoms with Gasteiger partial charge in [0.1, 0.15) is 0 Å². The Kier molecular flexibility index (Phi) is 7.00. The molecule has 0 radical (unpaired) electrons. The van der Waals surface area contributed by atoms with E-state index in [-0.39, 0.29) is 11.0 Å². The fourth-order valence-corrected chi connectivity index (χ4v) is 2.51. The topological polar surface area (TPSA) is 59.6 Å². The lowest BCUT2D eigenvalue weighted by atomic mass is 10.2. The number of carbonyl (C=O) groups excluding carboxylic acids is 1. The Bertz CT molecular complexity index is 853. The van der Waals surface area contributed by atoms with Crippen LogP contribution < -0.4 is 20.1 Å². The molecular formula is C19H19ClN2O3S. The van der Waals surface area contributed by atoms with Gasteiger partial charge in [-0.3, -0.25) is 10.1 Å². The number of halogens is 1. The van der Waals surface area contributed by atoms with Gasteiger partial charge in [-0.1, -0.05) is 23.7 Å². The van der Waals surface area contributed by atoms with Crippen LogP contribution >= 0.6 is 23.8 Å². The normalized spacial score (nSPS) is 10.5. The summed E-state index contributed by atoms with van der Waals surface area (Å²) in [6.07, 6.45) is 3.04. The molecule has 0 unspecified atom stereocenters. The minimum atomic E-state index is -0.351. The number of thiocarbonyl (C=S) groups is 1. The van der Waals surface area contributed by atoms with Crippen molar-refractivity contribution < 1.29 is 14.3 Å². The van der Waals surface area contributed by atoms with Crippen molar-refractivity contribution in [3.63, 3.8) is 0 Å². The number of rotatable bonds is 5. The number of hydrogen-bond donors (Lipinski definition) is 2. The molecule has 0 aliphatic rings. The van der Waals surface area contributed by atoms with Gasteiger partial charge in [-0.15, -0.1) is 0 Å². The molecule has 0 heterocycles. The lowest BCUT2D eigenvalue weighted by Gasteiger charge is -2.09.